The molecule has 0 aromatic heterocycles. The predicted molar refractivity (Wildman–Crippen MR) is 109 cm³/mol. The van der Waals surface area contributed by atoms with Gasteiger partial charge in [-0.15, -0.1) is 0 Å². The van der Waals surface area contributed by atoms with Gasteiger partial charge in [-0.2, -0.15) is 0 Å². The third-order valence-electron chi connectivity index (χ3n) is 0.734. The van der Waals surface area contributed by atoms with Crippen LogP contribution in [0.4, 0.5) is 0 Å². The molecule has 1 nitrogen and oxygen atoms in total. The summed E-state index contributed by atoms with van der Waals surface area (Å²) in [6.07, 6.45) is 0. The van der Waals surface area contributed by atoms with E-state index in [4.69, 9.17) is 0 Å². The van der Waals surface area contributed by atoms with Crippen molar-refractivity contribution in [2.24, 2.45) is 0 Å². The first kappa shape index (κ1) is 16.1. The van der Waals surface area contributed by atoms with Gasteiger partial charge in [0.25, 0.3) is 0 Å². The molecule has 0 amide bonds. The molecule has 0 fully saturated rings. The number of hydrogen-bond acceptors (Lipinski definition) is 1. The highest BCUT2D eigenvalue weighted by Crippen LogP contribution is 2.63. The van der Waals surface area contributed by atoms with Crippen molar-refractivity contribution in [3.63, 3.8) is 0 Å². The van der Waals surface area contributed by atoms with Crippen molar-refractivity contribution < 1.29 is 5.11 Å². The van der Waals surface area contributed by atoms with Gasteiger partial charge in [-0.1, -0.05) is 113 Å². The highest BCUT2D eigenvalue weighted by atomic mass is 127. The monoisotopic (exact) mass is 941 g/mol. The fourth-order valence-corrected chi connectivity index (χ4v) is 5.25. The Morgan fingerprint density at radius 1 is 0.727 bits per heavy atom. The zero-order valence-corrected chi connectivity index (χ0v) is 19.7. The van der Waals surface area contributed by atoms with Gasteiger partial charge in [-0.05, 0) is 45.2 Å². The van der Waals surface area contributed by atoms with Crippen LogP contribution in [0.25, 0.3) is 0 Å². The normalized spacial score (nSPS) is 15.3. The average molecular weight is 941 g/mol. The van der Waals surface area contributed by atoms with E-state index in [1.807, 2.05) is 0 Å². The molecule has 8 heteroatoms. The maximum Gasteiger partial charge on any atom is 0.193 e. The molecule has 0 rings (SSSR count). The van der Waals surface area contributed by atoms with Crippen molar-refractivity contribution >= 4 is 158 Å². The largest absolute Gasteiger partial charge is 0.369 e. The second kappa shape index (κ2) is 5.61. The van der Waals surface area contributed by atoms with Crippen LogP contribution in [0.5, 0.6) is 0 Å². The van der Waals surface area contributed by atoms with E-state index in [-0.39, 0.29) is 0.864 Å². The molecule has 0 unspecified atom stereocenters. The molecule has 11 heavy (non-hydrogen) atoms. The lowest BCUT2D eigenvalue weighted by molar-refractivity contribution is 0.265. The number of rotatable bonds is 2. The Balaban J connectivity index is 4.75. The smallest absolute Gasteiger partial charge is 0.193 e. The van der Waals surface area contributed by atoms with Gasteiger partial charge < -0.3 is 5.11 Å². The van der Waals surface area contributed by atoms with Gasteiger partial charge in [0.05, 0.1) is 0 Å². The summed E-state index contributed by atoms with van der Waals surface area (Å²) in [6, 6.07) is 0. The third-order valence-corrected chi connectivity index (χ3v) is 18.3. The van der Waals surface area contributed by atoms with E-state index in [2.05, 4.69) is 158 Å². The van der Waals surface area contributed by atoms with Gasteiger partial charge in [0, 0.05) is 0 Å². The quantitative estimate of drug-likeness (QED) is 0.305. The summed E-state index contributed by atoms with van der Waals surface area (Å²) in [5.41, 5.74) is 0. The Hall–Kier alpha value is 5.07. The maximum atomic E-state index is 9.82. The lowest BCUT2D eigenvalue weighted by atomic mass is 10.5. The van der Waals surface area contributed by atoms with E-state index in [0.29, 0.717) is 0 Å². The fraction of sp³-hybridized carbons (Fsp3) is 1.00. The van der Waals surface area contributed by atoms with E-state index in [1.54, 1.807) is 0 Å². The van der Waals surface area contributed by atoms with Gasteiger partial charge in [0.15, 0.2) is 2.48 Å². The zero-order chi connectivity index (χ0) is 9.50. The number of halogens is 7. The molecule has 0 aliphatic carbocycles. The van der Waals surface area contributed by atoms with Gasteiger partial charge in [-0.3, -0.25) is 0 Å². The molecule has 0 aromatic rings. The first-order valence-electron chi connectivity index (χ1n) is 2.05. The minimum Gasteiger partial charge on any atom is -0.369 e. The Morgan fingerprint density at radius 2 is 1.00 bits per heavy atom. The Bertz CT molecular complexity index is 125. The molecule has 0 saturated carbocycles. The highest BCUT2D eigenvalue weighted by Gasteiger charge is 2.55. The molecule has 0 radical (unpaired) electrons. The molecular formula is C3HI7O. The molecular weight excluding hydrogens is 940 g/mol. The van der Waals surface area contributed by atoms with Crippen molar-refractivity contribution in [3.05, 3.63) is 0 Å². The summed E-state index contributed by atoms with van der Waals surface area (Å²) < 4.78 is -0.927. The molecule has 0 heterocycles. The number of alkyl halides is 7. The van der Waals surface area contributed by atoms with Crippen LogP contribution >= 0.6 is 158 Å². The van der Waals surface area contributed by atoms with Crippen molar-refractivity contribution in [2.75, 3.05) is 0 Å². The SMILES string of the molecule is OC(I)(I)C(I)(I)C(I)(I)I. The molecule has 0 aliphatic rings. The Labute approximate surface area is 161 Å². The first-order chi connectivity index (χ1) is 4.50. The number of aliphatic hydroxyl groups is 1. The number of hydrogen-bond donors (Lipinski definition) is 1. The summed E-state index contributed by atoms with van der Waals surface area (Å²) in [4.78, 5) is 0. The van der Waals surface area contributed by atoms with E-state index >= 15 is 0 Å². The van der Waals surface area contributed by atoms with Crippen molar-refractivity contribution in [2.45, 2.75) is 2.48 Å². The van der Waals surface area contributed by atoms with Crippen LogP contribution in [0, 0.1) is 0 Å². The Morgan fingerprint density at radius 3 is 1.00 bits per heavy atom. The zero-order valence-electron chi connectivity index (χ0n) is 4.59. The molecule has 0 bridgehead atoms. The molecule has 0 aromatic carbocycles. The van der Waals surface area contributed by atoms with E-state index in [1.165, 1.54) is 0 Å². The first-order valence-corrected chi connectivity index (χ1v) is 9.60. The minimum atomic E-state index is -0.729. The van der Waals surface area contributed by atoms with E-state index in [9.17, 15) is 5.11 Å². The predicted octanol–water partition coefficient (Wildman–Crippen LogP) is 5.03. The van der Waals surface area contributed by atoms with Gasteiger partial charge >= 0.3 is 0 Å². The summed E-state index contributed by atoms with van der Waals surface area (Å²) in [5, 5.41) is 9.82. The van der Waals surface area contributed by atoms with E-state index in [0.717, 1.165) is 0 Å². The average Bonchev–Trinajstić information content (AvgIpc) is 1.58. The van der Waals surface area contributed by atoms with Crippen molar-refractivity contribution in [3.8, 4) is 0 Å². The van der Waals surface area contributed by atoms with Crippen molar-refractivity contribution in [1.82, 2.24) is 0 Å². The second-order valence-corrected chi connectivity index (χ2v) is 23.1. The summed E-state index contributed by atoms with van der Waals surface area (Å²) in [5.74, 6) is 0. The van der Waals surface area contributed by atoms with E-state index < -0.39 is 1.61 Å². The molecule has 0 saturated heterocycles. The molecule has 1 N–H and O–H groups in total. The third kappa shape index (κ3) is 4.84. The summed E-state index contributed by atoms with van der Waals surface area (Å²) in [6.45, 7) is 0. The van der Waals surface area contributed by atoms with Crippen LogP contribution in [0.3, 0.4) is 0 Å². The standard InChI is InChI=1S/C3HI7O/c4-1(5,2(6,7)8)3(9,10)11/h11H. The molecule has 0 aliphatic heterocycles. The summed E-state index contributed by atoms with van der Waals surface area (Å²) >= 11 is 15.7. The van der Waals surface area contributed by atoms with Gasteiger partial charge in [-0.25, -0.2) is 0 Å². The van der Waals surface area contributed by atoms with Gasteiger partial charge in [0.1, 0.15) is 0 Å². The lowest BCUT2D eigenvalue weighted by Gasteiger charge is -2.36. The second-order valence-electron chi connectivity index (χ2n) is 1.61. The van der Waals surface area contributed by atoms with Crippen LogP contribution in [-0.4, -0.2) is 7.58 Å². The van der Waals surface area contributed by atoms with Crippen molar-refractivity contribution in [1.29, 1.82) is 0 Å². The van der Waals surface area contributed by atoms with Crippen LogP contribution in [0.2, 0.25) is 0 Å². The van der Waals surface area contributed by atoms with Gasteiger partial charge in [0.2, 0.25) is 0 Å². The van der Waals surface area contributed by atoms with Crippen LogP contribution in [-0.2, 0) is 0 Å². The molecule has 0 spiro atoms. The highest BCUT2D eigenvalue weighted by molar-refractivity contribution is 14.3. The van der Waals surface area contributed by atoms with Crippen LogP contribution < -0.4 is 0 Å². The Kier molecular flexibility index (Phi) is 8.19. The topological polar surface area (TPSA) is 20.2 Å². The summed E-state index contributed by atoms with van der Waals surface area (Å²) in [7, 11) is 0. The maximum absolute atomic E-state index is 9.82. The van der Waals surface area contributed by atoms with Crippen LogP contribution in [0.15, 0.2) is 0 Å². The lowest BCUT2D eigenvalue weighted by Crippen LogP contribution is -2.43. The molecule has 68 valence electrons. The fourth-order valence-electron chi connectivity index (χ4n) is 0.171. The van der Waals surface area contributed by atoms with Crippen LogP contribution in [0.1, 0.15) is 0 Å². The molecule has 0 atom stereocenters. The minimum absolute atomic E-state index is 0.00146.